The summed E-state index contributed by atoms with van der Waals surface area (Å²) in [5.41, 5.74) is 0.819. The highest BCUT2D eigenvalue weighted by atomic mass is 16.5. The summed E-state index contributed by atoms with van der Waals surface area (Å²) in [5, 5.41) is 2.07. The zero-order valence-corrected chi connectivity index (χ0v) is 10.8. The van der Waals surface area contributed by atoms with Crippen molar-refractivity contribution in [2.24, 2.45) is 0 Å². The Morgan fingerprint density at radius 3 is 2.68 bits per heavy atom. The normalized spacial score (nSPS) is 15.1. The number of carbonyl (C=O) groups is 1. The van der Waals surface area contributed by atoms with Crippen molar-refractivity contribution >= 4 is 16.7 Å². The molecular weight excluding hydrogens is 236 g/mol. The first-order valence-corrected chi connectivity index (χ1v) is 6.73. The molecule has 96 valence electrons. The van der Waals surface area contributed by atoms with E-state index in [1.165, 1.54) is 6.42 Å². The second-order valence-electron chi connectivity index (χ2n) is 4.84. The van der Waals surface area contributed by atoms with E-state index in [0.717, 1.165) is 35.6 Å². The van der Waals surface area contributed by atoms with Gasteiger partial charge in [0.15, 0.2) is 0 Å². The minimum Gasteiger partial charge on any atom is -0.423 e. The smallest absolute Gasteiger partial charge is 0.339 e. The van der Waals surface area contributed by atoms with Gasteiger partial charge in [-0.2, -0.15) is 0 Å². The molecule has 0 aromatic heterocycles. The molecule has 1 aliphatic rings. The Kier molecular flexibility index (Phi) is 3.32. The number of allylic oxidation sites excluding steroid dienone is 1. The van der Waals surface area contributed by atoms with E-state index in [1.54, 1.807) is 0 Å². The lowest BCUT2D eigenvalue weighted by Gasteiger charge is -2.12. The summed E-state index contributed by atoms with van der Waals surface area (Å²) >= 11 is 0. The molecule has 0 bridgehead atoms. The molecule has 2 aromatic carbocycles. The van der Waals surface area contributed by atoms with Crippen LogP contribution >= 0.6 is 0 Å². The first kappa shape index (κ1) is 12.0. The van der Waals surface area contributed by atoms with E-state index in [2.05, 4.69) is 0 Å². The van der Waals surface area contributed by atoms with Crippen molar-refractivity contribution in [3.8, 4) is 5.75 Å². The van der Waals surface area contributed by atoms with Gasteiger partial charge in [-0.3, -0.25) is 0 Å². The summed E-state index contributed by atoms with van der Waals surface area (Å²) in [4.78, 5) is 12.1. The fraction of sp³-hybridized carbons (Fsp3) is 0.235. The molecule has 2 nitrogen and oxygen atoms in total. The Morgan fingerprint density at radius 1 is 1.00 bits per heavy atom. The number of hydrogen-bond acceptors (Lipinski definition) is 2. The highest BCUT2D eigenvalue weighted by Crippen LogP contribution is 2.27. The number of carbonyl (C=O) groups excluding carboxylic acids is 1. The average molecular weight is 252 g/mol. The third-order valence-electron chi connectivity index (χ3n) is 3.51. The van der Waals surface area contributed by atoms with Crippen molar-refractivity contribution < 1.29 is 9.53 Å². The molecule has 0 heterocycles. The zero-order valence-electron chi connectivity index (χ0n) is 10.8. The molecule has 0 atom stereocenters. The Hall–Kier alpha value is -2.09. The summed E-state index contributed by atoms with van der Waals surface area (Å²) in [6, 6.07) is 13.7. The Labute approximate surface area is 112 Å². The van der Waals surface area contributed by atoms with Gasteiger partial charge in [-0.15, -0.1) is 0 Å². The number of rotatable bonds is 2. The topological polar surface area (TPSA) is 26.3 Å². The highest BCUT2D eigenvalue weighted by Gasteiger charge is 2.15. The lowest BCUT2D eigenvalue weighted by Crippen LogP contribution is -2.13. The number of hydrogen-bond donors (Lipinski definition) is 0. The third-order valence-corrected chi connectivity index (χ3v) is 3.51. The first-order valence-electron chi connectivity index (χ1n) is 6.73. The van der Waals surface area contributed by atoms with Crippen molar-refractivity contribution in [1.82, 2.24) is 0 Å². The molecule has 0 amide bonds. The molecule has 1 aliphatic carbocycles. The Balaban J connectivity index is 1.89. The lowest BCUT2D eigenvalue weighted by atomic mass is 10.00. The largest absolute Gasteiger partial charge is 0.423 e. The number of ether oxygens (including phenoxy) is 1. The van der Waals surface area contributed by atoms with Crippen LogP contribution in [0.1, 0.15) is 25.7 Å². The molecule has 0 aliphatic heterocycles. The Morgan fingerprint density at radius 2 is 1.84 bits per heavy atom. The second-order valence-corrected chi connectivity index (χ2v) is 4.84. The molecule has 0 unspecified atom stereocenters. The fourth-order valence-corrected chi connectivity index (χ4v) is 2.47. The number of fused-ring (bicyclic) bond motifs is 1. The molecular formula is C17H16O2. The van der Waals surface area contributed by atoms with Crippen LogP contribution in [0.2, 0.25) is 0 Å². The SMILES string of the molecule is O=C(Oc1cccc2ccccc12)C1=CCCCC1. The summed E-state index contributed by atoms with van der Waals surface area (Å²) in [6.45, 7) is 0. The summed E-state index contributed by atoms with van der Waals surface area (Å²) in [5.74, 6) is 0.450. The minimum atomic E-state index is -0.198. The molecule has 2 aromatic rings. The Bertz CT molecular complexity index is 635. The molecule has 0 saturated carbocycles. The van der Waals surface area contributed by atoms with Crippen molar-refractivity contribution in [2.45, 2.75) is 25.7 Å². The van der Waals surface area contributed by atoms with E-state index in [-0.39, 0.29) is 5.97 Å². The monoisotopic (exact) mass is 252 g/mol. The van der Waals surface area contributed by atoms with Gasteiger partial charge < -0.3 is 4.74 Å². The van der Waals surface area contributed by atoms with Gasteiger partial charge in [-0.25, -0.2) is 4.79 Å². The second kappa shape index (κ2) is 5.27. The lowest BCUT2D eigenvalue weighted by molar-refractivity contribution is -0.130. The van der Waals surface area contributed by atoms with Crippen molar-refractivity contribution in [1.29, 1.82) is 0 Å². The quantitative estimate of drug-likeness (QED) is 0.590. The maximum atomic E-state index is 12.1. The van der Waals surface area contributed by atoms with E-state index in [9.17, 15) is 4.79 Å². The van der Waals surface area contributed by atoms with Crippen LogP contribution in [0.5, 0.6) is 5.75 Å². The summed E-state index contributed by atoms with van der Waals surface area (Å²) in [6.07, 6.45) is 6.09. The van der Waals surface area contributed by atoms with E-state index >= 15 is 0 Å². The van der Waals surface area contributed by atoms with E-state index in [4.69, 9.17) is 4.74 Å². The zero-order chi connectivity index (χ0) is 13.1. The van der Waals surface area contributed by atoms with Gasteiger partial charge >= 0.3 is 5.97 Å². The number of esters is 1. The van der Waals surface area contributed by atoms with Gasteiger partial charge in [-0.05, 0) is 37.1 Å². The van der Waals surface area contributed by atoms with E-state index in [1.807, 2.05) is 48.5 Å². The van der Waals surface area contributed by atoms with Crippen LogP contribution in [0.25, 0.3) is 10.8 Å². The first-order chi connectivity index (χ1) is 9.34. The van der Waals surface area contributed by atoms with Crippen molar-refractivity contribution in [3.05, 3.63) is 54.1 Å². The molecule has 0 radical (unpaired) electrons. The molecule has 19 heavy (non-hydrogen) atoms. The predicted molar refractivity (Wildman–Crippen MR) is 76.1 cm³/mol. The summed E-state index contributed by atoms with van der Waals surface area (Å²) in [7, 11) is 0. The predicted octanol–water partition coefficient (Wildman–Crippen LogP) is 4.25. The van der Waals surface area contributed by atoms with Gasteiger partial charge in [0.25, 0.3) is 0 Å². The van der Waals surface area contributed by atoms with Crippen LogP contribution in [-0.2, 0) is 4.79 Å². The van der Waals surface area contributed by atoms with E-state index in [0.29, 0.717) is 5.75 Å². The average Bonchev–Trinajstić information content (AvgIpc) is 2.48. The molecule has 0 N–H and O–H groups in total. The molecule has 3 rings (SSSR count). The molecule has 0 fully saturated rings. The van der Waals surface area contributed by atoms with Crippen LogP contribution in [0, 0.1) is 0 Å². The molecule has 0 saturated heterocycles. The highest BCUT2D eigenvalue weighted by molar-refractivity contribution is 5.95. The van der Waals surface area contributed by atoms with Crippen LogP contribution < -0.4 is 4.74 Å². The maximum absolute atomic E-state index is 12.1. The van der Waals surface area contributed by atoms with Gasteiger partial charge in [0.05, 0.1) is 0 Å². The summed E-state index contributed by atoms with van der Waals surface area (Å²) < 4.78 is 5.56. The van der Waals surface area contributed by atoms with Gasteiger partial charge in [-0.1, -0.05) is 42.5 Å². The fourth-order valence-electron chi connectivity index (χ4n) is 2.47. The van der Waals surface area contributed by atoms with Gasteiger partial charge in [0.1, 0.15) is 5.75 Å². The van der Waals surface area contributed by atoms with Crippen LogP contribution in [0.15, 0.2) is 54.1 Å². The standard InChI is InChI=1S/C17H16O2/c18-17(14-8-2-1-3-9-14)19-16-12-6-10-13-7-4-5-11-15(13)16/h4-8,10-12H,1-3,9H2. The third kappa shape index (κ3) is 2.53. The van der Waals surface area contributed by atoms with Crippen LogP contribution in [0.3, 0.4) is 0 Å². The maximum Gasteiger partial charge on any atom is 0.339 e. The molecule has 2 heteroatoms. The van der Waals surface area contributed by atoms with Crippen molar-refractivity contribution in [3.63, 3.8) is 0 Å². The minimum absolute atomic E-state index is 0.198. The van der Waals surface area contributed by atoms with Crippen molar-refractivity contribution in [2.75, 3.05) is 0 Å². The van der Waals surface area contributed by atoms with Crippen LogP contribution in [0.4, 0.5) is 0 Å². The molecule has 0 spiro atoms. The van der Waals surface area contributed by atoms with Crippen LogP contribution in [-0.4, -0.2) is 5.97 Å². The van der Waals surface area contributed by atoms with E-state index < -0.39 is 0 Å². The van der Waals surface area contributed by atoms with Gasteiger partial charge in [0.2, 0.25) is 0 Å². The number of benzene rings is 2. The van der Waals surface area contributed by atoms with Gasteiger partial charge in [0, 0.05) is 11.0 Å².